The van der Waals surface area contributed by atoms with Crippen LogP contribution in [0, 0.1) is 22.7 Å². The van der Waals surface area contributed by atoms with Crippen LogP contribution in [0.4, 0.5) is 0 Å². The second-order valence-corrected chi connectivity index (χ2v) is 3.65. The number of nitriles is 2. The van der Waals surface area contributed by atoms with Gasteiger partial charge in [0.15, 0.2) is 5.66 Å². The zero-order valence-corrected chi connectivity index (χ0v) is 9.76. The van der Waals surface area contributed by atoms with Crippen molar-refractivity contribution in [3.05, 3.63) is 34.0 Å². The maximum Gasteiger partial charge on any atom is 1.00 e. The van der Waals surface area contributed by atoms with Gasteiger partial charge in [-0.2, -0.15) is 10.5 Å². The summed E-state index contributed by atoms with van der Waals surface area (Å²) in [5.41, 5.74) is -1.35. The molecule has 0 aromatic heterocycles. The predicted octanol–water partition coefficient (Wildman–Crippen LogP) is -4.85. The topological polar surface area (TPSA) is 112 Å². The van der Waals surface area contributed by atoms with Crippen LogP contribution in [0.2, 0.25) is 0 Å². The molecule has 0 saturated heterocycles. The fraction of sp³-hybridized carbons (Fsp3) is 0.182. The smallest absolute Gasteiger partial charge is 0.545 e. The van der Waals surface area contributed by atoms with E-state index in [0.717, 1.165) is 0 Å². The van der Waals surface area contributed by atoms with Gasteiger partial charge >= 0.3 is 18.9 Å². The summed E-state index contributed by atoms with van der Waals surface area (Å²) in [7, 11) is 0. The molecular formula is C11H5LiN4O2. The first-order valence-corrected chi connectivity index (χ1v) is 4.65. The molecule has 1 aliphatic heterocycles. The van der Waals surface area contributed by atoms with E-state index in [9.17, 15) is 9.90 Å². The number of aliphatic carboxylic acids is 1. The van der Waals surface area contributed by atoms with Crippen molar-refractivity contribution in [2.75, 3.05) is 0 Å². The number of hydrogen-bond donors (Lipinski definition) is 0. The number of carboxylic acids is 1. The molecule has 0 spiro atoms. The standard InChI is InChI=1S/C11H6N4O2.Li/c1-11(10(16)17)14-8-3-6(4-12)2-7(5-13)9(8)15-11;/h2-3H,1H3,(H,16,17);/q;+1/p-1. The van der Waals surface area contributed by atoms with Crippen molar-refractivity contribution in [2.45, 2.75) is 12.6 Å². The van der Waals surface area contributed by atoms with Gasteiger partial charge in [-0.25, -0.2) is 9.98 Å². The number of rotatable bonds is 1. The minimum Gasteiger partial charge on any atom is -0.545 e. The Labute approximate surface area is 114 Å². The van der Waals surface area contributed by atoms with Crippen LogP contribution in [0.5, 0.6) is 0 Å². The van der Waals surface area contributed by atoms with Gasteiger partial charge in [0.2, 0.25) is 0 Å². The van der Waals surface area contributed by atoms with E-state index in [1.54, 1.807) is 0 Å². The van der Waals surface area contributed by atoms with Crippen molar-refractivity contribution in [2.24, 2.45) is 9.98 Å². The van der Waals surface area contributed by atoms with E-state index in [0.29, 0.717) is 0 Å². The number of carboxylic acid groups (broad SMARTS) is 1. The fourth-order valence-electron chi connectivity index (χ4n) is 1.54. The van der Waals surface area contributed by atoms with Gasteiger partial charge in [0, 0.05) is 0 Å². The van der Waals surface area contributed by atoms with Gasteiger partial charge in [-0.15, -0.1) is 0 Å². The Morgan fingerprint density at radius 3 is 2.50 bits per heavy atom. The maximum atomic E-state index is 10.9. The summed E-state index contributed by atoms with van der Waals surface area (Å²) in [6.07, 6.45) is 0. The summed E-state index contributed by atoms with van der Waals surface area (Å²) in [5.74, 6) is -1.45. The molecule has 0 aliphatic carbocycles. The first kappa shape index (κ1) is 13.9. The minimum absolute atomic E-state index is 0. The molecule has 0 saturated carbocycles. The Hall–Kier alpha value is -2.13. The summed E-state index contributed by atoms with van der Waals surface area (Å²) in [6.45, 7) is 1.27. The third kappa shape index (κ3) is 2.00. The van der Waals surface area contributed by atoms with Crippen molar-refractivity contribution in [3.63, 3.8) is 0 Å². The van der Waals surface area contributed by atoms with Gasteiger partial charge in [-0.1, -0.05) is 0 Å². The first-order chi connectivity index (χ1) is 8.00. The van der Waals surface area contributed by atoms with Gasteiger partial charge < -0.3 is 9.90 Å². The molecule has 1 aromatic carbocycles. The number of carbonyl (C=O) groups excluding carboxylic acids is 1. The number of fused-ring (bicyclic) bond motifs is 1. The van der Waals surface area contributed by atoms with Crippen molar-refractivity contribution < 1.29 is 28.8 Å². The molecule has 1 aromatic rings. The Morgan fingerprint density at radius 1 is 1.33 bits per heavy atom. The summed E-state index contributed by atoms with van der Waals surface area (Å²) in [6, 6.07) is 6.48. The summed E-state index contributed by atoms with van der Waals surface area (Å²) < 4.78 is 0. The molecule has 0 fully saturated rings. The van der Waals surface area contributed by atoms with Crippen LogP contribution < -0.4 is 34.7 Å². The van der Waals surface area contributed by atoms with E-state index in [-0.39, 0.29) is 40.7 Å². The van der Waals surface area contributed by atoms with Crippen molar-refractivity contribution in [1.82, 2.24) is 0 Å². The molecule has 0 radical (unpaired) electrons. The van der Waals surface area contributed by atoms with Crippen LogP contribution in [0.25, 0.3) is 0 Å². The summed E-state index contributed by atoms with van der Waals surface area (Å²) >= 11 is 0. The molecular weight excluding hydrogens is 227 g/mol. The van der Waals surface area contributed by atoms with Crippen LogP contribution in [0.1, 0.15) is 18.1 Å². The molecule has 0 bridgehead atoms. The van der Waals surface area contributed by atoms with E-state index < -0.39 is 11.6 Å². The third-order valence-electron chi connectivity index (χ3n) is 2.39. The summed E-state index contributed by atoms with van der Waals surface area (Å²) in [5, 5.41) is 29.0. The van der Waals surface area contributed by atoms with E-state index in [1.807, 2.05) is 12.1 Å². The first-order valence-electron chi connectivity index (χ1n) is 4.65. The average Bonchev–Trinajstić information content (AvgIpc) is 2.65. The fourth-order valence-corrected chi connectivity index (χ4v) is 1.54. The van der Waals surface area contributed by atoms with Crippen LogP contribution in [0.3, 0.4) is 0 Å². The molecule has 82 valence electrons. The minimum atomic E-state index is -1.72. The van der Waals surface area contributed by atoms with Crippen LogP contribution in [-0.2, 0) is 4.79 Å². The molecule has 6 nitrogen and oxygen atoms in total. The zero-order chi connectivity index (χ0) is 12.6. The molecule has 7 heteroatoms. The van der Waals surface area contributed by atoms with Gasteiger partial charge in [0.05, 0.1) is 28.5 Å². The second kappa shape index (κ2) is 4.62. The zero-order valence-electron chi connectivity index (χ0n) is 9.76. The molecule has 1 aliphatic rings. The quantitative estimate of drug-likeness (QED) is 0.452. The molecule has 1 unspecified atom stereocenters. The van der Waals surface area contributed by atoms with Crippen molar-refractivity contribution in [1.29, 1.82) is 10.5 Å². The molecule has 1 heterocycles. The van der Waals surface area contributed by atoms with Crippen molar-refractivity contribution in [3.8, 4) is 12.1 Å². The Morgan fingerprint density at radius 2 is 2.00 bits per heavy atom. The Bertz CT molecular complexity index is 729. The van der Waals surface area contributed by atoms with E-state index >= 15 is 0 Å². The molecule has 0 amide bonds. The molecule has 2 rings (SSSR count). The number of benzene rings is 1. The largest absolute Gasteiger partial charge is 1.00 e. The van der Waals surface area contributed by atoms with E-state index in [2.05, 4.69) is 9.98 Å². The molecule has 18 heavy (non-hydrogen) atoms. The normalized spacial score (nSPS) is 19.3. The van der Waals surface area contributed by atoms with Crippen LogP contribution >= 0.6 is 0 Å². The van der Waals surface area contributed by atoms with Crippen LogP contribution in [-0.4, -0.2) is 11.6 Å². The Kier molecular flexibility index (Phi) is 3.58. The van der Waals surface area contributed by atoms with E-state index in [4.69, 9.17) is 10.5 Å². The number of carbonyl (C=O) groups is 1. The van der Waals surface area contributed by atoms with Gasteiger partial charge in [-0.3, -0.25) is 0 Å². The van der Waals surface area contributed by atoms with Gasteiger partial charge in [0.25, 0.3) is 0 Å². The number of nitrogens with zero attached hydrogens (tertiary/aromatic N) is 4. The number of hydrogen-bond acceptors (Lipinski definition) is 6. The van der Waals surface area contributed by atoms with Crippen LogP contribution in [0.15, 0.2) is 22.1 Å². The van der Waals surface area contributed by atoms with Gasteiger partial charge in [-0.05, 0) is 19.1 Å². The SMILES string of the molecule is CC1(C(=O)[O-])N=c2cc(C#N)cc(C#N)c2=N1.[Li+]. The monoisotopic (exact) mass is 232 g/mol. The Balaban J connectivity index is 0.00000162. The maximum absolute atomic E-state index is 10.9. The summed E-state index contributed by atoms with van der Waals surface area (Å²) in [4.78, 5) is 18.6. The second-order valence-electron chi connectivity index (χ2n) is 3.65. The van der Waals surface area contributed by atoms with Crippen molar-refractivity contribution >= 4 is 5.97 Å². The molecule has 1 atom stereocenters. The predicted molar refractivity (Wildman–Crippen MR) is 51.6 cm³/mol. The van der Waals surface area contributed by atoms with E-state index in [1.165, 1.54) is 19.1 Å². The third-order valence-corrected chi connectivity index (χ3v) is 2.39. The molecule has 0 N–H and O–H groups in total. The average molecular weight is 232 g/mol. The van der Waals surface area contributed by atoms with Gasteiger partial charge in [0.1, 0.15) is 11.4 Å².